The van der Waals surface area contributed by atoms with E-state index in [2.05, 4.69) is 6.58 Å². The molecule has 4 rings (SSSR count). The molecule has 0 saturated heterocycles. The Hall–Kier alpha value is -2.06. The van der Waals surface area contributed by atoms with E-state index in [4.69, 9.17) is 0 Å². The molecule has 0 aliphatic heterocycles. The monoisotopic (exact) mass is 444 g/mol. The number of thiophene rings is 2. The number of benzene rings is 1. The molecule has 2 heterocycles. The van der Waals surface area contributed by atoms with Gasteiger partial charge in [0.25, 0.3) is 0 Å². The summed E-state index contributed by atoms with van der Waals surface area (Å²) in [6.45, 7) is 6.46. The predicted octanol–water partition coefficient (Wildman–Crippen LogP) is 8.05. The predicted molar refractivity (Wildman–Crippen MR) is 107 cm³/mol. The van der Waals surface area contributed by atoms with Crippen molar-refractivity contribution in [2.24, 2.45) is 0 Å². The molecule has 152 valence electrons. The van der Waals surface area contributed by atoms with Gasteiger partial charge >= 0.3 is 17.8 Å². The van der Waals surface area contributed by atoms with Gasteiger partial charge in [-0.15, -0.1) is 22.7 Å². The first-order chi connectivity index (χ1) is 13.4. The molecule has 0 fully saturated rings. The van der Waals surface area contributed by atoms with E-state index in [0.29, 0.717) is 9.58 Å². The first-order valence-electron chi connectivity index (χ1n) is 8.55. The van der Waals surface area contributed by atoms with Crippen molar-refractivity contribution in [1.82, 2.24) is 0 Å². The van der Waals surface area contributed by atoms with Crippen LogP contribution in [0.5, 0.6) is 0 Å². The standard InChI is InChI=1S/C21H14F6S2/c1-4-12-9-14(10(2)28-12)17-18(20(24,25)21(26,27)19(17,22)23)16-11(3)29-15-8-6-5-7-13(15)16/h4-9H,1H2,2-3H3. The Morgan fingerprint density at radius 1 is 0.862 bits per heavy atom. The molecular formula is C21H14F6S2. The fourth-order valence-electron chi connectivity index (χ4n) is 3.74. The summed E-state index contributed by atoms with van der Waals surface area (Å²) in [6, 6.07) is 7.59. The molecule has 0 radical (unpaired) electrons. The van der Waals surface area contributed by atoms with E-state index in [9.17, 15) is 17.6 Å². The van der Waals surface area contributed by atoms with Crippen molar-refractivity contribution < 1.29 is 26.3 Å². The highest BCUT2D eigenvalue weighted by Gasteiger charge is 2.80. The molecule has 0 saturated carbocycles. The average molecular weight is 444 g/mol. The summed E-state index contributed by atoms with van der Waals surface area (Å²) < 4.78 is 89.4. The highest BCUT2D eigenvalue weighted by molar-refractivity contribution is 7.19. The van der Waals surface area contributed by atoms with Gasteiger partial charge in [-0.2, -0.15) is 26.3 Å². The van der Waals surface area contributed by atoms with Crippen molar-refractivity contribution in [3.8, 4) is 0 Å². The summed E-state index contributed by atoms with van der Waals surface area (Å²) >= 11 is 2.14. The van der Waals surface area contributed by atoms with Gasteiger partial charge in [0.1, 0.15) is 0 Å². The van der Waals surface area contributed by atoms with E-state index < -0.39 is 28.9 Å². The van der Waals surface area contributed by atoms with Crippen LogP contribution < -0.4 is 0 Å². The SMILES string of the molecule is C=Cc1cc(C2=C(c3c(C)sc4ccccc34)C(F)(F)C(F)(F)C2(F)F)c(C)s1. The van der Waals surface area contributed by atoms with Crippen LogP contribution in [0.1, 0.15) is 25.8 Å². The van der Waals surface area contributed by atoms with Crippen molar-refractivity contribution >= 4 is 50.0 Å². The Kier molecular flexibility index (Phi) is 4.34. The van der Waals surface area contributed by atoms with Crippen molar-refractivity contribution in [1.29, 1.82) is 0 Å². The van der Waals surface area contributed by atoms with Gasteiger partial charge in [-0.1, -0.05) is 30.9 Å². The van der Waals surface area contributed by atoms with Gasteiger partial charge in [-0.25, -0.2) is 0 Å². The van der Waals surface area contributed by atoms with Crippen LogP contribution in [0.15, 0.2) is 36.9 Å². The Morgan fingerprint density at radius 3 is 2.10 bits per heavy atom. The lowest BCUT2D eigenvalue weighted by Crippen LogP contribution is -2.48. The van der Waals surface area contributed by atoms with Crippen LogP contribution in [0.3, 0.4) is 0 Å². The number of alkyl halides is 6. The van der Waals surface area contributed by atoms with Gasteiger partial charge in [0.05, 0.1) is 0 Å². The number of fused-ring (bicyclic) bond motifs is 1. The highest BCUT2D eigenvalue weighted by atomic mass is 32.1. The lowest BCUT2D eigenvalue weighted by Gasteiger charge is -2.25. The van der Waals surface area contributed by atoms with Crippen LogP contribution >= 0.6 is 22.7 Å². The molecule has 29 heavy (non-hydrogen) atoms. The third-order valence-electron chi connectivity index (χ3n) is 5.10. The molecule has 0 N–H and O–H groups in total. The molecule has 1 aliphatic rings. The molecule has 1 aliphatic carbocycles. The van der Waals surface area contributed by atoms with Crippen LogP contribution in [-0.4, -0.2) is 17.8 Å². The average Bonchev–Trinajstić information content (AvgIpc) is 3.20. The second-order valence-electron chi connectivity index (χ2n) is 6.83. The minimum atomic E-state index is -5.55. The van der Waals surface area contributed by atoms with Gasteiger partial charge in [-0.05, 0) is 31.5 Å². The maximum absolute atomic E-state index is 15.0. The summed E-state index contributed by atoms with van der Waals surface area (Å²) in [4.78, 5) is 0.965. The van der Waals surface area contributed by atoms with Crippen LogP contribution in [0.2, 0.25) is 0 Å². The molecule has 0 spiro atoms. The third kappa shape index (κ3) is 2.51. The van der Waals surface area contributed by atoms with Crippen molar-refractivity contribution in [2.75, 3.05) is 0 Å². The zero-order valence-corrected chi connectivity index (χ0v) is 16.9. The minimum absolute atomic E-state index is 0.242. The number of halogens is 6. The lowest BCUT2D eigenvalue weighted by atomic mass is 9.93. The van der Waals surface area contributed by atoms with E-state index in [1.54, 1.807) is 18.2 Å². The molecule has 1 aromatic carbocycles. The third-order valence-corrected chi connectivity index (χ3v) is 7.23. The second-order valence-corrected chi connectivity index (χ2v) is 9.37. The Bertz CT molecular complexity index is 1180. The first-order valence-corrected chi connectivity index (χ1v) is 10.2. The molecule has 0 atom stereocenters. The number of hydrogen-bond acceptors (Lipinski definition) is 2. The van der Waals surface area contributed by atoms with Gasteiger partial charge in [0.15, 0.2) is 0 Å². The lowest BCUT2D eigenvalue weighted by molar-refractivity contribution is -0.254. The van der Waals surface area contributed by atoms with Crippen LogP contribution in [0.25, 0.3) is 27.3 Å². The number of rotatable bonds is 3. The van der Waals surface area contributed by atoms with Crippen molar-refractivity contribution in [2.45, 2.75) is 31.6 Å². The number of hydrogen-bond donors (Lipinski definition) is 0. The normalized spacial score (nSPS) is 19.9. The zero-order chi connectivity index (χ0) is 21.4. The maximum atomic E-state index is 15.0. The fourth-order valence-corrected chi connectivity index (χ4v) is 5.70. The number of allylic oxidation sites excluding steroid dienone is 2. The first kappa shape index (κ1) is 20.2. The van der Waals surface area contributed by atoms with Crippen LogP contribution in [0, 0.1) is 13.8 Å². The van der Waals surface area contributed by atoms with Crippen molar-refractivity contribution in [3.63, 3.8) is 0 Å². The molecule has 0 bridgehead atoms. The Morgan fingerprint density at radius 2 is 1.48 bits per heavy atom. The largest absolute Gasteiger partial charge is 0.380 e. The molecule has 0 nitrogen and oxygen atoms in total. The van der Waals surface area contributed by atoms with Gasteiger partial charge < -0.3 is 0 Å². The zero-order valence-electron chi connectivity index (χ0n) is 15.3. The smallest absolute Gasteiger partial charge is 0.194 e. The van der Waals surface area contributed by atoms with E-state index in [-0.39, 0.29) is 26.3 Å². The molecule has 2 aromatic heterocycles. The number of aryl methyl sites for hydroxylation is 2. The topological polar surface area (TPSA) is 0 Å². The second kappa shape index (κ2) is 6.22. The van der Waals surface area contributed by atoms with E-state index in [1.807, 2.05) is 0 Å². The van der Waals surface area contributed by atoms with Crippen LogP contribution in [-0.2, 0) is 0 Å². The quantitative estimate of drug-likeness (QED) is 0.359. The molecule has 0 unspecified atom stereocenters. The minimum Gasteiger partial charge on any atom is -0.194 e. The molecular weight excluding hydrogens is 430 g/mol. The molecule has 0 amide bonds. The summed E-state index contributed by atoms with van der Waals surface area (Å²) in [5.41, 5.74) is -3.13. The van der Waals surface area contributed by atoms with E-state index >= 15 is 8.78 Å². The summed E-state index contributed by atoms with van der Waals surface area (Å²) in [7, 11) is 0. The fraction of sp³-hybridized carbons (Fsp3) is 0.238. The van der Waals surface area contributed by atoms with Gasteiger partial charge in [-0.3, -0.25) is 0 Å². The highest BCUT2D eigenvalue weighted by Crippen LogP contribution is 2.66. The Labute approximate surface area is 170 Å². The van der Waals surface area contributed by atoms with Crippen LogP contribution in [0.4, 0.5) is 26.3 Å². The van der Waals surface area contributed by atoms with Crippen molar-refractivity contribution in [3.05, 3.63) is 62.7 Å². The summed E-state index contributed by atoms with van der Waals surface area (Å²) in [6.07, 6.45) is 1.37. The summed E-state index contributed by atoms with van der Waals surface area (Å²) in [5.74, 6) is -15.6. The Balaban J connectivity index is 2.19. The molecule has 8 heteroatoms. The van der Waals surface area contributed by atoms with E-state index in [0.717, 1.165) is 22.7 Å². The van der Waals surface area contributed by atoms with Gasteiger partial charge in [0.2, 0.25) is 0 Å². The molecule has 3 aromatic rings. The van der Waals surface area contributed by atoms with E-state index in [1.165, 1.54) is 32.1 Å². The maximum Gasteiger partial charge on any atom is 0.380 e. The van der Waals surface area contributed by atoms with Gasteiger partial charge in [0, 0.05) is 41.4 Å². The summed E-state index contributed by atoms with van der Waals surface area (Å²) in [5, 5.41) is 0.257.